The van der Waals surface area contributed by atoms with Gasteiger partial charge in [0.05, 0.1) is 6.07 Å². The molecule has 1 saturated carbocycles. The first-order chi connectivity index (χ1) is 10.1. The minimum absolute atomic E-state index is 0.260. The summed E-state index contributed by atoms with van der Waals surface area (Å²) in [4.78, 5) is 5.15. The van der Waals surface area contributed by atoms with Crippen LogP contribution in [0.3, 0.4) is 0 Å². The van der Waals surface area contributed by atoms with Crippen LogP contribution in [0.25, 0.3) is 0 Å². The van der Waals surface area contributed by atoms with Crippen molar-refractivity contribution in [1.82, 2.24) is 15.1 Å². The predicted octanol–water partition coefficient (Wildman–Crippen LogP) is 2.07. The van der Waals surface area contributed by atoms with E-state index in [0.717, 1.165) is 19.4 Å². The summed E-state index contributed by atoms with van der Waals surface area (Å²) in [6, 6.07) is 3.26. The maximum atomic E-state index is 9.57. The van der Waals surface area contributed by atoms with E-state index in [1.54, 1.807) is 0 Å². The highest BCUT2D eigenvalue weighted by molar-refractivity contribution is 5.13. The van der Waals surface area contributed by atoms with Gasteiger partial charge in [0.15, 0.2) is 0 Å². The Balaban J connectivity index is 1.93. The van der Waals surface area contributed by atoms with E-state index in [0.29, 0.717) is 12.0 Å². The number of likely N-dealkylation sites (N-methyl/N-ethyl adjacent to an activating group) is 1. The van der Waals surface area contributed by atoms with Crippen molar-refractivity contribution in [2.45, 2.75) is 57.0 Å². The fourth-order valence-electron chi connectivity index (χ4n) is 4.30. The summed E-state index contributed by atoms with van der Waals surface area (Å²) in [6.45, 7) is 7.09. The molecule has 0 aromatic carbocycles. The van der Waals surface area contributed by atoms with E-state index in [1.807, 2.05) is 7.05 Å². The maximum Gasteiger partial charge on any atom is 0.109 e. The highest BCUT2D eigenvalue weighted by Crippen LogP contribution is 2.37. The number of hydrogen-bond donors (Lipinski definition) is 1. The molecule has 1 heterocycles. The lowest BCUT2D eigenvalue weighted by molar-refractivity contribution is 0.163. The highest BCUT2D eigenvalue weighted by atomic mass is 15.2. The normalized spacial score (nSPS) is 35.5. The van der Waals surface area contributed by atoms with E-state index in [4.69, 9.17) is 0 Å². The van der Waals surface area contributed by atoms with Gasteiger partial charge in [-0.1, -0.05) is 13.3 Å². The number of nitrogens with zero attached hydrogens (tertiary/aromatic N) is 3. The number of nitriles is 1. The van der Waals surface area contributed by atoms with Gasteiger partial charge in [-0.3, -0.25) is 4.90 Å². The highest BCUT2D eigenvalue weighted by Gasteiger charge is 2.41. The van der Waals surface area contributed by atoms with Crippen molar-refractivity contribution in [3.05, 3.63) is 0 Å². The smallest absolute Gasteiger partial charge is 0.109 e. The van der Waals surface area contributed by atoms with Crippen LogP contribution in [0.4, 0.5) is 0 Å². The van der Waals surface area contributed by atoms with Crippen molar-refractivity contribution in [3.63, 3.8) is 0 Å². The molecule has 0 aromatic heterocycles. The zero-order valence-electron chi connectivity index (χ0n) is 14.1. The maximum absolute atomic E-state index is 9.57. The van der Waals surface area contributed by atoms with Crippen LogP contribution in [-0.2, 0) is 0 Å². The Bertz CT molecular complexity index is 364. The third-order valence-corrected chi connectivity index (χ3v) is 5.73. The van der Waals surface area contributed by atoms with Gasteiger partial charge in [-0.15, -0.1) is 0 Å². The SMILES string of the molecule is CCC1CN(C)CCCN1CCC1CCCC1(C#N)NC. The molecule has 0 spiro atoms. The largest absolute Gasteiger partial charge is 0.305 e. The second-order valence-corrected chi connectivity index (χ2v) is 6.92. The zero-order valence-corrected chi connectivity index (χ0v) is 14.1. The van der Waals surface area contributed by atoms with Gasteiger partial charge in [-0.25, -0.2) is 0 Å². The van der Waals surface area contributed by atoms with E-state index in [1.165, 1.54) is 45.3 Å². The molecule has 120 valence electrons. The minimum Gasteiger partial charge on any atom is -0.305 e. The number of nitrogens with one attached hydrogen (secondary N) is 1. The fourth-order valence-corrected chi connectivity index (χ4v) is 4.30. The van der Waals surface area contributed by atoms with Crippen molar-refractivity contribution in [1.29, 1.82) is 5.26 Å². The summed E-state index contributed by atoms with van der Waals surface area (Å²) < 4.78 is 0. The topological polar surface area (TPSA) is 42.3 Å². The van der Waals surface area contributed by atoms with Gasteiger partial charge in [-0.05, 0) is 71.8 Å². The molecule has 1 N–H and O–H groups in total. The molecule has 2 aliphatic rings. The van der Waals surface area contributed by atoms with Crippen molar-refractivity contribution in [2.75, 3.05) is 40.3 Å². The van der Waals surface area contributed by atoms with Gasteiger partial charge in [0, 0.05) is 12.6 Å². The molecule has 3 unspecified atom stereocenters. The van der Waals surface area contributed by atoms with Crippen LogP contribution in [0.5, 0.6) is 0 Å². The van der Waals surface area contributed by atoms with Gasteiger partial charge in [-0.2, -0.15) is 5.26 Å². The van der Waals surface area contributed by atoms with E-state index in [9.17, 15) is 5.26 Å². The van der Waals surface area contributed by atoms with Crippen molar-refractivity contribution in [3.8, 4) is 6.07 Å². The Labute approximate surface area is 130 Å². The van der Waals surface area contributed by atoms with Crippen LogP contribution < -0.4 is 5.32 Å². The second-order valence-electron chi connectivity index (χ2n) is 6.92. The lowest BCUT2D eigenvalue weighted by Gasteiger charge is -2.33. The van der Waals surface area contributed by atoms with Gasteiger partial charge in [0.2, 0.25) is 0 Å². The minimum atomic E-state index is -0.260. The quantitative estimate of drug-likeness (QED) is 0.842. The van der Waals surface area contributed by atoms with Crippen LogP contribution in [0, 0.1) is 17.2 Å². The monoisotopic (exact) mass is 292 g/mol. The number of hydrogen-bond acceptors (Lipinski definition) is 4. The number of rotatable bonds is 5. The molecule has 3 atom stereocenters. The zero-order chi connectivity index (χ0) is 15.3. The summed E-state index contributed by atoms with van der Waals surface area (Å²) in [6.07, 6.45) is 7.08. The molecule has 0 bridgehead atoms. The third kappa shape index (κ3) is 3.77. The first kappa shape index (κ1) is 16.7. The van der Waals surface area contributed by atoms with Crippen molar-refractivity contribution >= 4 is 0 Å². The molecular formula is C17H32N4. The molecule has 1 aliphatic carbocycles. The fraction of sp³-hybridized carbons (Fsp3) is 0.941. The van der Waals surface area contributed by atoms with Crippen LogP contribution in [0.2, 0.25) is 0 Å². The summed E-state index contributed by atoms with van der Waals surface area (Å²) in [7, 11) is 4.20. The summed E-state index contributed by atoms with van der Waals surface area (Å²) in [5, 5.41) is 12.9. The molecule has 21 heavy (non-hydrogen) atoms. The predicted molar refractivity (Wildman–Crippen MR) is 87.1 cm³/mol. The molecule has 4 heteroatoms. The van der Waals surface area contributed by atoms with Gasteiger partial charge >= 0.3 is 0 Å². The molecule has 4 nitrogen and oxygen atoms in total. The molecule has 0 amide bonds. The lowest BCUT2D eigenvalue weighted by atomic mass is 9.86. The third-order valence-electron chi connectivity index (χ3n) is 5.73. The molecule has 2 rings (SSSR count). The Morgan fingerprint density at radius 1 is 1.33 bits per heavy atom. The van der Waals surface area contributed by atoms with Crippen molar-refractivity contribution < 1.29 is 0 Å². The Kier molecular flexibility index (Phi) is 6.04. The molecule has 0 aromatic rings. The average molecular weight is 292 g/mol. The average Bonchev–Trinajstić information content (AvgIpc) is 2.82. The van der Waals surface area contributed by atoms with Crippen LogP contribution >= 0.6 is 0 Å². The molecule has 2 fully saturated rings. The van der Waals surface area contributed by atoms with Crippen LogP contribution in [-0.4, -0.2) is 61.7 Å². The Hall–Kier alpha value is -0.630. The molecule has 1 aliphatic heterocycles. The summed E-state index contributed by atoms with van der Waals surface area (Å²) >= 11 is 0. The standard InChI is InChI=1S/C17H32N4/c1-4-16-13-20(3)10-6-11-21(16)12-8-15-7-5-9-17(15,14-18)19-2/h15-16,19H,4-13H2,1-3H3. The van der Waals surface area contributed by atoms with E-state index in [2.05, 4.69) is 35.2 Å². The van der Waals surface area contributed by atoms with Gasteiger partial charge in [0.1, 0.15) is 5.54 Å². The van der Waals surface area contributed by atoms with Gasteiger partial charge < -0.3 is 10.2 Å². The Morgan fingerprint density at radius 3 is 2.81 bits per heavy atom. The van der Waals surface area contributed by atoms with Gasteiger partial charge in [0.25, 0.3) is 0 Å². The van der Waals surface area contributed by atoms with Crippen LogP contribution in [0.15, 0.2) is 0 Å². The first-order valence-electron chi connectivity index (χ1n) is 8.68. The summed E-state index contributed by atoms with van der Waals surface area (Å²) in [5.74, 6) is 0.519. The summed E-state index contributed by atoms with van der Waals surface area (Å²) in [5.41, 5.74) is -0.260. The van der Waals surface area contributed by atoms with Crippen molar-refractivity contribution in [2.24, 2.45) is 5.92 Å². The van der Waals surface area contributed by atoms with Crippen LogP contribution in [0.1, 0.15) is 45.4 Å². The first-order valence-corrected chi connectivity index (χ1v) is 8.68. The second kappa shape index (κ2) is 7.58. The van der Waals surface area contributed by atoms with E-state index >= 15 is 0 Å². The molecular weight excluding hydrogens is 260 g/mol. The van der Waals surface area contributed by atoms with E-state index in [-0.39, 0.29) is 5.54 Å². The lowest BCUT2D eigenvalue weighted by Crippen LogP contribution is -2.47. The molecule has 1 saturated heterocycles. The Morgan fingerprint density at radius 2 is 2.14 bits per heavy atom. The van der Waals surface area contributed by atoms with E-state index < -0.39 is 0 Å². The molecule has 0 radical (unpaired) electrons.